The Morgan fingerprint density at radius 2 is 1.58 bits per heavy atom. The number of benzene rings is 1. The van der Waals surface area contributed by atoms with Gasteiger partial charge < -0.3 is 19.5 Å². The van der Waals surface area contributed by atoms with Gasteiger partial charge in [-0.05, 0) is 42.0 Å². The van der Waals surface area contributed by atoms with E-state index in [9.17, 15) is 14.4 Å². The average molecular weight is 424 g/mol. The minimum atomic E-state index is -0.603. The van der Waals surface area contributed by atoms with Crippen molar-refractivity contribution in [3.8, 4) is 0 Å². The highest BCUT2D eigenvalue weighted by Gasteiger charge is 2.16. The van der Waals surface area contributed by atoms with Crippen LogP contribution in [0.4, 0.5) is 4.79 Å². The second kappa shape index (κ2) is 10.8. The molecule has 0 radical (unpaired) electrons. The quantitative estimate of drug-likeness (QED) is 0.485. The van der Waals surface area contributed by atoms with Gasteiger partial charge in [-0.15, -0.1) is 0 Å². The molecule has 0 saturated carbocycles. The fourth-order valence-electron chi connectivity index (χ4n) is 2.95. The maximum Gasteiger partial charge on any atom is 0.321 e. The molecule has 1 aromatic carbocycles. The molecule has 0 unspecified atom stereocenters. The first-order valence-electron chi connectivity index (χ1n) is 9.69. The molecule has 0 aliphatic heterocycles. The first kappa shape index (κ1) is 21.8. The van der Waals surface area contributed by atoms with Gasteiger partial charge in [-0.25, -0.2) is 4.79 Å². The van der Waals surface area contributed by atoms with E-state index < -0.39 is 11.9 Å². The van der Waals surface area contributed by atoms with Gasteiger partial charge in [0, 0.05) is 19.2 Å². The van der Waals surface area contributed by atoms with Gasteiger partial charge in [0.05, 0.1) is 32.2 Å². The smallest absolute Gasteiger partial charge is 0.321 e. The molecule has 3 rings (SSSR count). The molecular formula is C22H24N4O5. The second-order valence-corrected chi connectivity index (χ2v) is 6.81. The van der Waals surface area contributed by atoms with Crippen LogP contribution in [0, 0.1) is 0 Å². The SMILES string of the molecule is CNC(=O)c1ccc(CN(CC(=O)NC(=O)NCc2ccco2)Cc2ccco2)cc1. The number of hydrogen-bond acceptors (Lipinski definition) is 6. The Bertz CT molecular complexity index is 982. The van der Waals surface area contributed by atoms with Crippen LogP contribution in [0.3, 0.4) is 0 Å². The van der Waals surface area contributed by atoms with Gasteiger partial charge in [0.1, 0.15) is 11.5 Å². The number of hydrogen-bond donors (Lipinski definition) is 3. The number of nitrogens with one attached hydrogen (secondary N) is 3. The number of carbonyl (C=O) groups is 3. The first-order valence-corrected chi connectivity index (χ1v) is 9.69. The number of carbonyl (C=O) groups excluding carboxylic acids is 3. The van der Waals surface area contributed by atoms with Crippen LogP contribution in [-0.4, -0.2) is 36.3 Å². The summed E-state index contributed by atoms with van der Waals surface area (Å²) < 4.78 is 10.5. The minimum Gasteiger partial charge on any atom is -0.468 e. The predicted octanol–water partition coefficient (Wildman–Crippen LogP) is 2.26. The van der Waals surface area contributed by atoms with Gasteiger partial charge in [-0.2, -0.15) is 0 Å². The van der Waals surface area contributed by atoms with Crippen molar-refractivity contribution in [1.29, 1.82) is 0 Å². The zero-order valence-electron chi connectivity index (χ0n) is 17.1. The summed E-state index contributed by atoms with van der Waals surface area (Å²) in [5.41, 5.74) is 1.46. The molecule has 0 aliphatic rings. The van der Waals surface area contributed by atoms with E-state index in [1.54, 1.807) is 43.6 Å². The number of furan rings is 2. The van der Waals surface area contributed by atoms with Crippen LogP contribution in [-0.2, 0) is 24.4 Å². The number of amides is 4. The van der Waals surface area contributed by atoms with Gasteiger partial charge in [-0.3, -0.25) is 19.8 Å². The van der Waals surface area contributed by atoms with E-state index in [0.717, 1.165) is 5.56 Å². The van der Waals surface area contributed by atoms with Crippen LogP contribution in [0.1, 0.15) is 27.4 Å². The van der Waals surface area contributed by atoms with Crippen molar-refractivity contribution in [2.45, 2.75) is 19.6 Å². The molecule has 162 valence electrons. The fraction of sp³-hybridized carbons (Fsp3) is 0.227. The molecule has 2 heterocycles. The molecule has 0 spiro atoms. The van der Waals surface area contributed by atoms with Gasteiger partial charge in [0.2, 0.25) is 5.91 Å². The van der Waals surface area contributed by atoms with Gasteiger partial charge in [0.25, 0.3) is 5.91 Å². The summed E-state index contributed by atoms with van der Waals surface area (Å²) in [4.78, 5) is 37.9. The summed E-state index contributed by atoms with van der Waals surface area (Å²) in [6.07, 6.45) is 3.07. The number of urea groups is 1. The summed E-state index contributed by atoms with van der Waals surface area (Å²) >= 11 is 0. The van der Waals surface area contributed by atoms with E-state index in [1.165, 1.54) is 6.26 Å². The van der Waals surface area contributed by atoms with E-state index in [1.807, 2.05) is 23.1 Å². The third kappa shape index (κ3) is 6.86. The van der Waals surface area contributed by atoms with Crippen LogP contribution < -0.4 is 16.0 Å². The Labute approximate surface area is 179 Å². The largest absolute Gasteiger partial charge is 0.468 e. The third-order valence-electron chi connectivity index (χ3n) is 4.43. The van der Waals surface area contributed by atoms with Crippen molar-refractivity contribution in [2.75, 3.05) is 13.6 Å². The van der Waals surface area contributed by atoms with E-state index in [4.69, 9.17) is 8.83 Å². The number of nitrogens with zero attached hydrogens (tertiary/aromatic N) is 1. The van der Waals surface area contributed by atoms with Crippen LogP contribution in [0.25, 0.3) is 0 Å². The third-order valence-corrected chi connectivity index (χ3v) is 4.43. The Hall–Kier alpha value is -3.85. The van der Waals surface area contributed by atoms with Crippen molar-refractivity contribution >= 4 is 17.8 Å². The monoisotopic (exact) mass is 424 g/mol. The molecule has 9 heteroatoms. The lowest BCUT2D eigenvalue weighted by molar-refractivity contribution is -0.121. The second-order valence-electron chi connectivity index (χ2n) is 6.81. The Morgan fingerprint density at radius 1 is 0.903 bits per heavy atom. The van der Waals surface area contributed by atoms with Crippen molar-refractivity contribution < 1.29 is 23.2 Å². The lowest BCUT2D eigenvalue weighted by atomic mass is 10.1. The molecule has 9 nitrogen and oxygen atoms in total. The molecule has 4 amide bonds. The minimum absolute atomic E-state index is 0.0218. The summed E-state index contributed by atoms with van der Waals surface area (Å²) in [5.74, 6) is 0.656. The highest BCUT2D eigenvalue weighted by Crippen LogP contribution is 2.12. The lowest BCUT2D eigenvalue weighted by Gasteiger charge is -2.21. The Kier molecular flexibility index (Phi) is 7.61. The summed E-state index contributed by atoms with van der Waals surface area (Å²) in [7, 11) is 1.57. The van der Waals surface area contributed by atoms with Crippen LogP contribution in [0.15, 0.2) is 69.9 Å². The van der Waals surface area contributed by atoms with E-state index >= 15 is 0 Å². The maximum atomic E-state index is 12.4. The van der Waals surface area contributed by atoms with E-state index in [0.29, 0.717) is 30.2 Å². The highest BCUT2D eigenvalue weighted by molar-refractivity contribution is 5.95. The molecule has 2 aromatic heterocycles. The summed E-state index contributed by atoms with van der Waals surface area (Å²) in [5, 5.41) is 7.46. The lowest BCUT2D eigenvalue weighted by Crippen LogP contribution is -2.44. The normalized spacial score (nSPS) is 10.6. The summed E-state index contributed by atoms with van der Waals surface area (Å²) in [6.45, 7) is 0.966. The average Bonchev–Trinajstić information content (AvgIpc) is 3.46. The Balaban J connectivity index is 1.58. The van der Waals surface area contributed by atoms with E-state index in [2.05, 4.69) is 16.0 Å². The number of rotatable bonds is 9. The first-order chi connectivity index (χ1) is 15.0. The zero-order chi connectivity index (χ0) is 22.1. The molecule has 3 N–H and O–H groups in total. The molecule has 0 fully saturated rings. The molecule has 0 saturated heterocycles. The van der Waals surface area contributed by atoms with E-state index in [-0.39, 0.29) is 19.0 Å². The van der Waals surface area contributed by atoms with Crippen LogP contribution in [0.5, 0.6) is 0 Å². The van der Waals surface area contributed by atoms with Crippen molar-refractivity contribution in [3.05, 3.63) is 83.7 Å². The standard InChI is InChI=1S/C22H24N4O5/c1-23-21(28)17-8-6-16(7-9-17)13-26(14-19-5-3-11-31-19)15-20(27)25-22(29)24-12-18-4-2-10-30-18/h2-11H,12-15H2,1H3,(H,23,28)(H2,24,25,27,29). The van der Waals surface area contributed by atoms with Crippen molar-refractivity contribution in [2.24, 2.45) is 0 Å². The highest BCUT2D eigenvalue weighted by atomic mass is 16.3. The predicted molar refractivity (Wildman–Crippen MR) is 112 cm³/mol. The van der Waals surface area contributed by atoms with Crippen LogP contribution in [0.2, 0.25) is 0 Å². The van der Waals surface area contributed by atoms with Crippen molar-refractivity contribution in [3.63, 3.8) is 0 Å². The van der Waals surface area contributed by atoms with Gasteiger partial charge in [-0.1, -0.05) is 12.1 Å². The molecule has 0 aliphatic carbocycles. The molecular weight excluding hydrogens is 400 g/mol. The number of imide groups is 1. The van der Waals surface area contributed by atoms with Gasteiger partial charge >= 0.3 is 6.03 Å². The summed E-state index contributed by atoms with van der Waals surface area (Å²) in [6, 6.07) is 13.5. The van der Waals surface area contributed by atoms with Crippen LogP contribution >= 0.6 is 0 Å². The molecule has 0 atom stereocenters. The molecule has 0 bridgehead atoms. The van der Waals surface area contributed by atoms with Crippen molar-refractivity contribution in [1.82, 2.24) is 20.9 Å². The zero-order valence-corrected chi connectivity index (χ0v) is 17.1. The Morgan fingerprint density at radius 3 is 2.19 bits per heavy atom. The molecule has 3 aromatic rings. The fourth-order valence-corrected chi connectivity index (χ4v) is 2.95. The van der Waals surface area contributed by atoms with Gasteiger partial charge in [0.15, 0.2) is 0 Å². The topological polar surface area (TPSA) is 117 Å². The maximum absolute atomic E-state index is 12.4. The molecule has 31 heavy (non-hydrogen) atoms.